The van der Waals surface area contributed by atoms with Crippen molar-refractivity contribution in [3.63, 3.8) is 0 Å². The highest BCUT2D eigenvalue weighted by molar-refractivity contribution is 5.92. The summed E-state index contributed by atoms with van der Waals surface area (Å²) in [6, 6.07) is 4.70. The molecule has 0 heterocycles. The Morgan fingerprint density at radius 3 is 2.32 bits per heavy atom. The van der Waals surface area contributed by atoms with Crippen molar-refractivity contribution in [1.29, 1.82) is 0 Å². The molecular weight excluding hydrogens is 382 g/mol. The van der Waals surface area contributed by atoms with E-state index in [0.717, 1.165) is 42.7 Å². The topological polar surface area (TPSA) is 52.8 Å². The Bertz CT molecular complexity index is 929. The minimum atomic E-state index is 0.104. The van der Waals surface area contributed by atoms with Crippen molar-refractivity contribution in [3.05, 3.63) is 28.8 Å². The summed E-state index contributed by atoms with van der Waals surface area (Å²) >= 11 is 0. The molecule has 3 heteroatoms. The Labute approximate surface area is 186 Å². The van der Waals surface area contributed by atoms with Crippen LogP contribution in [-0.2, 0) is 11.8 Å². The van der Waals surface area contributed by atoms with Gasteiger partial charge in [-0.2, -0.15) is 0 Å². The maximum absolute atomic E-state index is 11.2. The summed E-state index contributed by atoms with van der Waals surface area (Å²) in [5.41, 5.74) is 5.74. The van der Waals surface area contributed by atoms with Gasteiger partial charge in [0.1, 0.15) is 5.75 Å². The Morgan fingerprint density at radius 2 is 1.65 bits per heavy atom. The summed E-state index contributed by atoms with van der Waals surface area (Å²) in [4.78, 5) is 0. The van der Waals surface area contributed by atoms with Crippen LogP contribution in [0.25, 0.3) is 0 Å². The Hall–Kier alpha value is -1.51. The number of aryl methyl sites for hydroxylation is 1. The molecule has 1 aromatic rings. The lowest BCUT2D eigenvalue weighted by Gasteiger charge is -2.57. The number of nitrogens with zero attached hydrogens (tertiary/aromatic N) is 1. The number of benzene rings is 1. The first-order chi connectivity index (χ1) is 15.0. The Balaban J connectivity index is 1.28. The van der Waals surface area contributed by atoms with Crippen molar-refractivity contribution in [2.24, 2.45) is 40.2 Å². The summed E-state index contributed by atoms with van der Waals surface area (Å²) < 4.78 is 0. The Morgan fingerprint density at radius 1 is 0.935 bits per heavy atom. The van der Waals surface area contributed by atoms with Crippen LogP contribution in [0.3, 0.4) is 0 Å². The van der Waals surface area contributed by atoms with Crippen LogP contribution in [0.2, 0.25) is 0 Å². The van der Waals surface area contributed by atoms with Crippen molar-refractivity contribution in [1.82, 2.24) is 0 Å². The zero-order valence-corrected chi connectivity index (χ0v) is 18.9. The number of oxime groups is 1. The first-order valence-corrected chi connectivity index (χ1v) is 13.1. The van der Waals surface area contributed by atoms with Gasteiger partial charge in [-0.3, -0.25) is 0 Å². The normalized spacial score (nSPS) is 48.5. The van der Waals surface area contributed by atoms with E-state index in [9.17, 15) is 10.3 Å². The summed E-state index contributed by atoms with van der Waals surface area (Å²) in [5.74, 6) is 5.31. The first kappa shape index (κ1) is 19.0. The standard InChI is InChI=1S/C28H37NO2/c1-27-7-6-20-21(23(27)4-5-26(27)29-31)3-2-19-11-25(30)24(12-22(19)20)28-13-16-8-17(14-28)10-18(9-16)15-28/h11-12,16-18,20-21,23,30-31H,2-10,13-15H2,1H3/b29-26+/t16?,17?,18?,20?,21?,23?,27-,28?/m0/s1. The molecule has 0 saturated heterocycles. The van der Waals surface area contributed by atoms with Gasteiger partial charge >= 0.3 is 0 Å². The molecule has 0 radical (unpaired) electrons. The average Bonchev–Trinajstić information content (AvgIpc) is 3.08. The molecule has 0 amide bonds. The third kappa shape index (κ3) is 2.50. The van der Waals surface area contributed by atoms with E-state index >= 15 is 0 Å². The fraction of sp³-hybridized carbons (Fsp3) is 0.750. The largest absolute Gasteiger partial charge is 0.508 e. The number of hydrogen-bond donors (Lipinski definition) is 2. The molecular formula is C28H37NO2. The predicted octanol–water partition coefficient (Wildman–Crippen LogP) is 6.55. The fourth-order valence-corrected chi connectivity index (χ4v) is 10.4. The van der Waals surface area contributed by atoms with E-state index in [2.05, 4.69) is 24.2 Å². The van der Waals surface area contributed by atoms with Crippen LogP contribution in [0, 0.1) is 35.0 Å². The van der Waals surface area contributed by atoms with Gasteiger partial charge in [-0.25, -0.2) is 0 Å². The zero-order valence-electron chi connectivity index (χ0n) is 18.9. The second-order valence-corrected chi connectivity index (χ2v) is 12.7. The van der Waals surface area contributed by atoms with Gasteiger partial charge in [0.15, 0.2) is 0 Å². The average molecular weight is 420 g/mol. The van der Waals surface area contributed by atoms with Crippen molar-refractivity contribution >= 4 is 5.71 Å². The van der Waals surface area contributed by atoms with E-state index < -0.39 is 0 Å². The molecule has 0 spiro atoms. The molecule has 6 saturated carbocycles. The number of phenolic OH excluding ortho intramolecular Hbond substituents is 1. The smallest absolute Gasteiger partial charge is 0.119 e. The minimum absolute atomic E-state index is 0.104. The summed E-state index contributed by atoms with van der Waals surface area (Å²) in [6.45, 7) is 2.36. The third-order valence-electron chi connectivity index (χ3n) is 11.3. The molecule has 4 bridgehead atoms. The molecule has 8 rings (SSSR count). The molecule has 1 aromatic carbocycles. The lowest BCUT2D eigenvalue weighted by Crippen LogP contribution is -2.48. The summed E-state index contributed by atoms with van der Waals surface area (Å²) in [6.07, 6.45) is 15.1. The van der Waals surface area contributed by atoms with E-state index in [4.69, 9.17) is 0 Å². The number of hydrogen-bond acceptors (Lipinski definition) is 3. The lowest BCUT2D eigenvalue weighted by atomic mass is 9.47. The molecule has 2 N–H and O–H groups in total. The van der Waals surface area contributed by atoms with Gasteiger partial charge in [0, 0.05) is 11.0 Å². The van der Waals surface area contributed by atoms with E-state index in [1.54, 1.807) is 5.56 Å². The van der Waals surface area contributed by atoms with Crippen molar-refractivity contribution in [2.45, 2.75) is 95.3 Å². The fourth-order valence-electron chi connectivity index (χ4n) is 10.4. The first-order valence-electron chi connectivity index (χ1n) is 13.1. The van der Waals surface area contributed by atoms with E-state index in [1.807, 2.05) is 0 Å². The number of phenols is 1. The summed E-state index contributed by atoms with van der Waals surface area (Å²) in [7, 11) is 0. The number of aromatic hydroxyl groups is 1. The summed E-state index contributed by atoms with van der Waals surface area (Å²) in [5, 5.41) is 24.6. The molecule has 3 nitrogen and oxygen atoms in total. The van der Waals surface area contributed by atoms with Crippen LogP contribution in [-0.4, -0.2) is 16.0 Å². The van der Waals surface area contributed by atoms with Crippen molar-refractivity contribution < 1.29 is 10.3 Å². The second kappa shape index (κ2) is 6.29. The molecule has 4 atom stereocenters. The molecule has 31 heavy (non-hydrogen) atoms. The number of rotatable bonds is 1. The molecule has 0 aliphatic heterocycles. The van der Waals surface area contributed by atoms with Gasteiger partial charge in [-0.15, -0.1) is 0 Å². The zero-order chi connectivity index (χ0) is 21.0. The van der Waals surface area contributed by atoms with Crippen LogP contribution >= 0.6 is 0 Å². The van der Waals surface area contributed by atoms with Crippen LogP contribution in [0.4, 0.5) is 0 Å². The highest BCUT2D eigenvalue weighted by atomic mass is 16.4. The van der Waals surface area contributed by atoms with Crippen LogP contribution < -0.4 is 0 Å². The van der Waals surface area contributed by atoms with E-state index in [0.29, 0.717) is 23.5 Å². The minimum Gasteiger partial charge on any atom is -0.508 e. The predicted molar refractivity (Wildman–Crippen MR) is 122 cm³/mol. The maximum Gasteiger partial charge on any atom is 0.119 e. The lowest BCUT2D eigenvalue weighted by molar-refractivity contribution is -0.00628. The van der Waals surface area contributed by atoms with Gasteiger partial charge in [-0.05, 0) is 135 Å². The van der Waals surface area contributed by atoms with Crippen molar-refractivity contribution in [2.75, 3.05) is 0 Å². The highest BCUT2D eigenvalue weighted by Gasteiger charge is 2.55. The molecule has 6 fully saturated rings. The quantitative estimate of drug-likeness (QED) is 0.401. The second-order valence-electron chi connectivity index (χ2n) is 12.7. The maximum atomic E-state index is 11.2. The molecule has 166 valence electrons. The molecule has 0 aromatic heterocycles. The van der Waals surface area contributed by atoms with E-state index in [-0.39, 0.29) is 10.8 Å². The van der Waals surface area contributed by atoms with Crippen LogP contribution in [0.15, 0.2) is 17.3 Å². The van der Waals surface area contributed by atoms with Crippen molar-refractivity contribution in [3.8, 4) is 5.75 Å². The highest BCUT2D eigenvalue weighted by Crippen LogP contribution is 2.64. The van der Waals surface area contributed by atoms with Gasteiger partial charge in [-0.1, -0.05) is 18.1 Å². The van der Waals surface area contributed by atoms with Gasteiger partial charge in [0.05, 0.1) is 5.71 Å². The van der Waals surface area contributed by atoms with Gasteiger partial charge in [0.25, 0.3) is 0 Å². The van der Waals surface area contributed by atoms with Crippen LogP contribution in [0.1, 0.15) is 100 Å². The number of fused-ring (bicyclic) bond motifs is 5. The van der Waals surface area contributed by atoms with Gasteiger partial charge in [0.2, 0.25) is 0 Å². The van der Waals surface area contributed by atoms with E-state index in [1.165, 1.54) is 68.9 Å². The molecule has 7 aliphatic carbocycles. The monoisotopic (exact) mass is 419 g/mol. The SMILES string of the molecule is C[C@]12CCC3c4cc(C56CC7CC(CC(C7)C5)C6)c(O)cc4CCC3C1CC/C2=N\O. The Kier molecular flexibility index (Phi) is 3.86. The third-order valence-corrected chi connectivity index (χ3v) is 11.3. The van der Waals surface area contributed by atoms with Gasteiger partial charge < -0.3 is 10.3 Å². The van der Waals surface area contributed by atoms with Crippen LogP contribution in [0.5, 0.6) is 5.75 Å². The molecule has 7 aliphatic rings. The molecule has 3 unspecified atom stereocenters.